The van der Waals surface area contributed by atoms with E-state index in [0.29, 0.717) is 13.2 Å². The number of carbonyl (C=O) groups is 1. The molecule has 0 bridgehead atoms. The van der Waals surface area contributed by atoms with Crippen molar-refractivity contribution in [2.75, 3.05) is 13.2 Å². The molecule has 1 unspecified atom stereocenters. The Morgan fingerprint density at radius 1 is 0.941 bits per heavy atom. The van der Waals surface area contributed by atoms with Crippen LogP contribution < -0.4 is 10.4 Å². The Balaban J connectivity index is 2.04. The maximum absolute atomic E-state index is 13.2. The smallest absolute Gasteiger partial charge is 0.410 e. The van der Waals surface area contributed by atoms with Crippen molar-refractivity contribution in [1.82, 2.24) is 4.90 Å². The van der Waals surface area contributed by atoms with Crippen molar-refractivity contribution in [1.29, 1.82) is 0 Å². The molecule has 186 valence electrons. The van der Waals surface area contributed by atoms with Crippen LogP contribution in [0.5, 0.6) is 0 Å². The highest BCUT2D eigenvalue weighted by atomic mass is 28.4. The zero-order valence-corrected chi connectivity index (χ0v) is 23.4. The highest BCUT2D eigenvalue weighted by molar-refractivity contribution is 6.99. The molecule has 34 heavy (non-hydrogen) atoms. The third-order valence-corrected chi connectivity index (χ3v) is 12.0. The predicted molar refractivity (Wildman–Crippen MR) is 143 cm³/mol. The van der Waals surface area contributed by atoms with Crippen molar-refractivity contribution in [3.8, 4) is 0 Å². The number of carbonyl (C=O) groups excluding carboxylic acids is 1. The molecule has 1 fully saturated rings. The van der Waals surface area contributed by atoms with Gasteiger partial charge in [-0.25, -0.2) is 4.79 Å². The first-order valence-electron chi connectivity index (χ1n) is 12.5. The fourth-order valence-corrected chi connectivity index (χ4v) is 9.83. The normalized spacial score (nSPS) is 19.1. The maximum Gasteiger partial charge on any atom is 0.410 e. The summed E-state index contributed by atoms with van der Waals surface area (Å²) in [6.07, 6.45) is 1.79. The maximum atomic E-state index is 13.2. The zero-order valence-electron chi connectivity index (χ0n) is 22.4. The van der Waals surface area contributed by atoms with Crippen molar-refractivity contribution < 1.29 is 14.0 Å². The molecule has 0 radical (unpaired) electrons. The summed E-state index contributed by atoms with van der Waals surface area (Å²) < 4.78 is 13.1. The first kappa shape index (κ1) is 26.5. The largest absolute Gasteiger partial charge is 0.444 e. The number of benzene rings is 2. The molecule has 0 N–H and O–H groups in total. The first-order chi connectivity index (χ1) is 15.8. The second-order valence-corrected chi connectivity index (χ2v) is 16.6. The Bertz CT molecular complexity index is 905. The molecule has 5 heteroatoms. The summed E-state index contributed by atoms with van der Waals surface area (Å²) in [5.41, 5.74) is -0.595. The van der Waals surface area contributed by atoms with Gasteiger partial charge in [0.15, 0.2) is 0 Å². The summed E-state index contributed by atoms with van der Waals surface area (Å²) in [6, 6.07) is 21.3. The SMILES string of the molecule is CC(C)(C)OC(=O)N1CCCC(C)(C)C1CO[Si](c1ccccc1)(c1ccccc1)C(C)(C)C. The zero-order chi connectivity index (χ0) is 25.2. The lowest BCUT2D eigenvalue weighted by atomic mass is 9.77. The molecule has 0 aliphatic carbocycles. The third-order valence-electron chi connectivity index (χ3n) is 7.00. The van der Waals surface area contributed by atoms with Gasteiger partial charge in [-0.15, -0.1) is 0 Å². The van der Waals surface area contributed by atoms with E-state index in [1.54, 1.807) is 0 Å². The van der Waals surface area contributed by atoms with Gasteiger partial charge in [-0.3, -0.25) is 0 Å². The quantitative estimate of drug-likeness (QED) is 0.493. The lowest BCUT2D eigenvalue weighted by Gasteiger charge is -2.49. The van der Waals surface area contributed by atoms with E-state index >= 15 is 0 Å². The van der Waals surface area contributed by atoms with Crippen LogP contribution >= 0.6 is 0 Å². The standard InChI is InChI=1S/C29H43NO3Si/c1-27(2,3)33-26(31)30-21-15-20-29(7,8)25(30)22-32-34(28(4,5)6,23-16-11-9-12-17-23)24-18-13-10-14-19-24/h9-14,16-19,25H,15,20-22H2,1-8H3. The van der Waals surface area contributed by atoms with E-state index in [-0.39, 0.29) is 22.6 Å². The van der Waals surface area contributed by atoms with Crippen LogP contribution in [0.4, 0.5) is 4.79 Å². The first-order valence-corrected chi connectivity index (χ1v) is 14.4. The minimum absolute atomic E-state index is 0.0576. The number of hydrogen-bond donors (Lipinski definition) is 0. The number of ether oxygens (including phenoxy) is 1. The molecular formula is C29H43NO3Si. The summed E-state index contributed by atoms with van der Waals surface area (Å²) in [6.45, 7) is 18.3. The summed E-state index contributed by atoms with van der Waals surface area (Å²) in [5.74, 6) is 0. The monoisotopic (exact) mass is 481 g/mol. The second kappa shape index (κ2) is 9.86. The van der Waals surface area contributed by atoms with E-state index < -0.39 is 13.9 Å². The average molecular weight is 482 g/mol. The Hall–Kier alpha value is -2.11. The molecule has 0 spiro atoms. The van der Waals surface area contributed by atoms with Gasteiger partial charge in [0.05, 0.1) is 12.6 Å². The minimum Gasteiger partial charge on any atom is -0.444 e. The Labute approximate surface area is 207 Å². The van der Waals surface area contributed by atoms with Crippen LogP contribution in [0.3, 0.4) is 0 Å². The van der Waals surface area contributed by atoms with Crippen LogP contribution in [0, 0.1) is 5.41 Å². The fraction of sp³-hybridized carbons (Fsp3) is 0.552. The van der Waals surface area contributed by atoms with Gasteiger partial charge in [-0.05, 0) is 54.4 Å². The van der Waals surface area contributed by atoms with Crippen LogP contribution in [0.2, 0.25) is 5.04 Å². The molecule has 1 atom stereocenters. The van der Waals surface area contributed by atoms with Crippen molar-refractivity contribution in [2.45, 2.75) is 84.9 Å². The highest BCUT2D eigenvalue weighted by Crippen LogP contribution is 2.40. The van der Waals surface area contributed by atoms with Crippen LogP contribution in [0.15, 0.2) is 60.7 Å². The fourth-order valence-electron chi connectivity index (χ4n) is 5.27. The van der Waals surface area contributed by atoms with E-state index in [1.807, 2.05) is 25.7 Å². The molecule has 2 aromatic carbocycles. The number of amides is 1. The lowest BCUT2D eigenvalue weighted by Crippen LogP contribution is -2.68. The van der Waals surface area contributed by atoms with Crippen molar-refractivity contribution in [2.24, 2.45) is 5.41 Å². The molecule has 3 rings (SSSR count). The lowest BCUT2D eigenvalue weighted by molar-refractivity contribution is -0.0281. The molecule has 0 aromatic heterocycles. The predicted octanol–water partition coefficient (Wildman–Crippen LogP) is 5.99. The summed E-state index contributed by atoms with van der Waals surface area (Å²) in [5, 5.41) is 2.41. The number of rotatable bonds is 5. The van der Waals surface area contributed by atoms with Gasteiger partial charge in [0.1, 0.15) is 5.60 Å². The minimum atomic E-state index is -2.69. The van der Waals surface area contributed by atoms with E-state index in [9.17, 15) is 4.79 Å². The summed E-state index contributed by atoms with van der Waals surface area (Å²) in [7, 11) is -2.69. The summed E-state index contributed by atoms with van der Waals surface area (Å²) >= 11 is 0. The van der Waals surface area contributed by atoms with Gasteiger partial charge in [0, 0.05) is 6.54 Å². The average Bonchev–Trinajstić information content (AvgIpc) is 2.74. The van der Waals surface area contributed by atoms with Crippen molar-refractivity contribution in [3.63, 3.8) is 0 Å². The van der Waals surface area contributed by atoms with Crippen LogP contribution in [0.1, 0.15) is 68.2 Å². The van der Waals surface area contributed by atoms with E-state index in [0.717, 1.165) is 12.8 Å². The van der Waals surface area contributed by atoms with Gasteiger partial charge < -0.3 is 14.1 Å². The summed E-state index contributed by atoms with van der Waals surface area (Å²) in [4.78, 5) is 15.2. The van der Waals surface area contributed by atoms with Crippen molar-refractivity contribution in [3.05, 3.63) is 60.7 Å². The molecule has 2 aromatic rings. The molecule has 1 aliphatic rings. The molecular weight excluding hydrogens is 438 g/mol. The Morgan fingerprint density at radius 2 is 1.44 bits per heavy atom. The van der Waals surface area contributed by atoms with Gasteiger partial charge in [-0.2, -0.15) is 0 Å². The van der Waals surface area contributed by atoms with E-state index in [4.69, 9.17) is 9.16 Å². The Kier molecular flexibility index (Phi) is 7.69. The van der Waals surface area contributed by atoms with E-state index in [2.05, 4.69) is 95.3 Å². The topological polar surface area (TPSA) is 38.8 Å². The number of piperidine rings is 1. The van der Waals surface area contributed by atoms with Crippen LogP contribution in [-0.2, 0) is 9.16 Å². The van der Waals surface area contributed by atoms with Crippen LogP contribution in [-0.4, -0.2) is 44.1 Å². The molecule has 1 aliphatic heterocycles. The molecule has 4 nitrogen and oxygen atoms in total. The molecule has 0 saturated carbocycles. The van der Waals surface area contributed by atoms with E-state index in [1.165, 1.54) is 10.4 Å². The highest BCUT2D eigenvalue weighted by Gasteiger charge is 2.52. The van der Waals surface area contributed by atoms with Gasteiger partial charge in [0.2, 0.25) is 0 Å². The van der Waals surface area contributed by atoms with Crippen LogP contribution in [0.25, 0.3) is 0 Å². The van der Waals surface area contributed by atoms with Gasteiger partial charge in [-0.1, -0.05) is 95.3 Å². The van der Waals surface area contributed by atoms with Gasteiger partial charge in [0.25, 0.3) is 8.32 Å². The molecule has 1 saturated heterocycles. The van der Waals surface area contributed by atoms with Gasteiger partial charge >= 0.3 is 6.09 Å². The third kappa shape index (κ3) is 5.57. The number of hydrogen-bond acceptors (Lipinski definition) is 3. The number of likely N-dealkylation sites (tertiary alicyclic amines) is 1. The Morgan fingerprint density at radius 3 is 1.88 bits per heavy atom. The molecule has 1 amide bonds. The second-order valence-electron chi connectivity index (χ2n) is 12.3. The van der Waals surface area contributed by atoms with Crippen molar-refractivity contribution >= 4 is 24.8 Å². The molecule has 1 heterocycles. The number of nitrogens with zero attached hydrogens (tertiary/aromatic N) is 1.